The number of aryl methyl sites for hydroxylation is 1. The van der Waals surface area contributed by atoms with E-state index >= 15 is 0 Å². The summed E-state index contributed by atoms with van der Waals surface area (Å²) in [6, 6.07) is 8.35. The van der Waals surface area contributed by atoms with Gasteiger partial charge in [-0.1, -0.05) is 24.6 Å². The molecule has 2 heteroatoms. The van der Waals surface area contributed by atoms with Crippen LogP contribution in [0.5, 0.6) is 5.75 Å². The summed E-state index contributed by atoms with van der Waals surface area (Å²) in [7, 11) is 0. The summed E-state index contributed by atoms with van der Waals surface area (Å²) in [5, 5.41) is 0. The summed E-state index contributed by atoms with van der Waals surface area (Å²) < 4.78 is 11.7. The Hall–Kier alpha value is -1.28. The lowest BCUT2D eigenvalue weighted by molar-refractivity contribution is -0.0611. The van der Waals surface area contributed by atoms with Crippen LogP contribution < -0.4 is 4.74 Å². The molecule has 0 N–H and O–H groups in total. The van der Waals surface area contributed by atoms with E-state index in [1.54, 1.807) is 0 Å². The van der Waals surface area contributed by atoms with E-state index in [9.17, 15) is 0 Å². The fraction of sp³-hybridized carbons (Fsp3) is 0.619. The minimum atomic E-state index is -0.0357. The van der Waals surface area contributed by atoms with Crippen LogP contribution in [0.25, 0.3) is 0 Å². The molecule has 130 valence electrons. The van der Waals surface area contributed by atoms with Gasteiger partial charge in [0.1, 0.15) is 12.4 Å². The third-order valence-electron chi connectivity index (χ3n) is 3.92. The molecular weight excluding hydrogens is 284 g/mol. The molecule has 0 spiro atoms. The second-order valence-corrected chi connectivity index (χ2v) is 7.14. The highest BCUT2D eigenvalue weighted by Crippen LogP contribution is 2.21. The van der Waals surface area contributed by atoms with E-state index < -0.39 is 0 Å². The summed E-state index contributed by atoms with van der Waals surface area (Å²) in [4.78, 5) is 0. The first kappa shape index (κ1) is 19.8. The number of allylic oxidation sites excluding steroid dienone is 1. The quantitative estimate of drug-likeness (QED) is 0.496. The molecule has 2 nitrogen and oxygen atoms in total. The van der Waals surface area contributed by atoms with Gasteiger partial charge in [0.25, 0.3) is 0 Å². The SMILES string of the molecule is CCc1ccc(OCC=C(C)CCCC(C)(C)OC(C)C)cc1. The van der Waals surface area contributed by atoms with Gasteiger partial charge in [0, 0.05) is 0 Å². The van der Waals surface area contributed by atoms with Crippen LogP contribution in [0.15, 0.2) is 35.9 Å². The van der Waals surface area contributed by atoms with Crippen molar-refractivity contribution in [2.45, 2.75) is 78.9 Å². The zero-order valence-corrected chi connectivity index (χ0v) is 15.8. The van der Waals surface area contributed by atoms with Crippen molar-refractivity contribution in [1.29, 1.82) is 0 Å². The van der Waals surface area contributed by atoms with Gasteiger partial charge in [-0.2, -0.15) is 0 Å². The number of benzene rings is 1. The Kier molecular flexibility index (Phi) is 8.40. The molecule has 23 heavy (non-hydrogen) atoms. The molecule has 0 atom stereocenters. The molecule has 0 heterocycles. The van der Waals surface area contributed by atoms with Gasteiger partial charge in [0.15, 0.2) is 0 Å². The predicted molar refractivity (Wildman–Crippen MR) is 99.2 cm³/mol. The second kappa shape index (κ2) is 9.77. The highest BCUT2D eigenvalue weighted by Gasteiger charge is 2.19. The Bertz CT molecular complexity index is 469. The minimum Gasteiger partial charge on any atom is -0.490 e. The lowest BCUT2D eigenvalue weighted by atomic mass is 9.98. The summed E-state index contributed by atoms with van der Waals surface area (Å²) in [5.74, 6) is 0.942. The fourth-order valence-corrected chi connectivity index (χ4v) is 2.69. The standard InChI is InChI=1S/C21H34O2/c1-7-19-10-12-20(13-11-19)22-16-14-18(4)9-8-15-21(5,6)23-17(2)3/h10-14,17H,7-9,15-16H2,1-6H3. The molecule has 0 radical (unpaired) electrons. The molecule has 0 amide bonds. The molecule has 0 aliphatic rings. The second-order valence-electron chi connectivity index (χ2n) is 7.14. The number of hydrogen-bond acceptors (Lipinski definition) is 2. The van der Waals surface area contributed by atoms with Gasteiger partial charge in [-0.3, -0.25) is 0 Å². The molecule has 1 aromatic carbocycles. The van der Waals surface area contributed by atoms with E-state index in [1.165, 1.54) is 11.1 Å². The van der Waals surface area contributed by atoms with Crippen molar-refractivity contribution in [3.05, 3.63) is 41.5 Å². The minimum absolute atomic E-state index is 0.0357. The first-order valence-electron chi connectivity index (χ1n) is 8.87. The Labute approximate surface area is 142 Å². The van der Waals surface area contributed by atoms with Crippen LogP contribution in [0, 0.1) is 0 Å². The Morgan fingerprint density at radius 1 is 1.17 bits per heavy atom. The van der Waals surface area contributed by atoms with Crippen LogP contribution in [0.1, 0.15) is 66.4 Å². The van der Waals surface area contributed by atoms with E-state index in [-0.39, 0.29) is 11.7 Å². The average Bonchev–Trinajstić information content (AvgIpc) is 2.46. The van der Waals surface area contributed by atoms with Crippen molar-refractivity contribution in [1.82, 2.24) is 0 Å². The molecule has 0 bridgehead atoms. The molecule has 0 saturated carbocycles. The lowest BCUT2D eigenvalue weighted by Crippen LogP contribution is -2.27. The molecule has 1 aromatic rings. The molecule has 0 unspecified atom stereocenters. The van der Waals surface area contributed by atoms with Crippen molar-refractivity contribution in [3.8, 4) is 5.75 Å². The summed E-state index contributed by atoms with van der Waals surface area (Å²) in [6.07, 6.45) is 6.86. The molecule has 0 fully saturated rings. The summed E-state index contributed by atoms with van der Waals surface area (Å²) in [5.41, 5.74) is 2.69. The normalized spacial score (nSPS) is 12.7. The predicted octanol–water partition coefficient (Wildman–Crippen LogP) is 5.95. The van der Waals surface area contributed by atoms with Gasteiger partial charge in [-0.15, -0.1) is 0 Å². The maximum atomic E-state index is 5.93. The van der Waals surface area contributed by atoms with Gasteiger partial charge in [-0.25, -0.2) is 0 Å². The number of ether oxygens (including phenoxy) is 2. The van der Waals surface area contributed by atoms with Gasteiger partial charge in [0.2, 0.25) is 0 Å². The van der Waals surface area contributed by atoms with E-state index in [1.807, 2.05) is 12.1 Å². The van der Waals surface area contributed by atoms with Crippen molar-refractivity contribution < 1.29 is 9.47 Å². The van der Waals surface area contributed by atoms with Crippen LogP contribution in [0.2, 0.25) is 0 Å². The molecular formula is C21H34O2. The third-order valence-corrected chi connectivity index (χ3v) is 3.92. The van der Waals surface area contributed by atoms with E-state index in [0.717, 1.165) is 31.4 Å². The molecule has 0 saturated heterocycles. The van der Waals surface area contributed by atoms with Crippen molar-refractivity contribution in [2.24, 2.45) is 0 Å². The van der Waals surface area contributed by atoms with Gasteiger partial charge < -0.3 is 9.47 Å². The molecule has 0 aliphatic heterocycles. The topological polar surface area (TPSA) is 18.5 Å². The number of rotatable bonds is 10. The van der Waals surface area contributed by atoms with Crippen LogP contribution in [-0.4, -0.2) is 18.3 Å². The zero-order valence-electron chi connectivity index (χ0n) is 15.8. The monoisotopic (exact) mass is 318 g/mol. The van der Waals surface area contributed by atoms with Gasteiger partial charge >= 0.3 is 0 Å². The van der Waals surface area contributed by atoms with Crippen molar-refractivity contribution >= 4 is 0 Å². The van der Waals surface area contributed by atoms with Crippen LogP contribution in [0.4, 0.5) is 0 Å². The maximum absolute atomic E-state index is 5.93. The van der Waals surface area contributed by atoms with Crippen molar-refractivity contribution in [2.75, 3.05) is 6.61 Å². The van der Waals surface area contributed by atoms with Crippen LogP contribution >= 0.6 is 0 Å². The molecule has 0 aromatic heterocycles. The fourth-order valence-electron chi connectivity index (χ4n) is 2.69. The van der Waals surface area contributed by atoms with Crippen LogP contribution in [-0.2, 0) is 11.2 Å². The van der Waals surface area contributed by atoms with E-state index in [0.29, 0.717) is 6.61 Å². The molecule has 1 rings (SSSR count). The molecule has 0 aliphatic carbocycles. The smallest absolute Gasteiger partial charge is 0.119 e. The average molecular weight is 319 g/mol. The van der Waals surface area contributed by atoms with E-state index in [4.69, 9.17) is 9.47 Å². The van der Waals surface area contributed by atoms with Gasteiger partial charge in [0.05, 0.1) is 11.7 Å². The first-order valence-corrected chi connectivity index (χ1v) is 8.87. The summed E-state index contributed by atoms with van der Waals surface area (Å²) >= 11 is 0. The highest BCUT2D eigenvalue weighted by molar-refractivity contribution is 5.27. The van der Waals surface area contributed by atoms with E-state index in [2.05, 4.69) is 59.8 Å². The summed E-state index contributed by atoms with van der Waals surface area (Å²) in [6.45, 7) is 13.5. The maximum Gasteiger partial charge on any atom is 0.119 e. The third kappa shape index (κ3) is 8.80. The highest BCUT2D eigenvalue weighted by atomic mass is 16.5. The largest absolute Gasteiger partial charge is 0.490 e. The Morgan fingerprint density at radius 2 is 1.83 bits per heavy atom. The Morgan fingerprint density at radius 3 is 2.39 bits per heavy atom. The lowest BCUT2D eigenvalue weighted by Gasteiger charge is -2.27. The zero-order chi connectivity index (χ0) is 17.3. The van der Waals surface area contributed by atoms with Crippen molar-refractivity contribution in [3.63, 3.8) is 0 Å². The van der Waals surface area contributed by atoms with Crippen LogP contribution in [0.3, 0.4) is 0 Å². The van der Waals surface area contributed by atoms with Gasteiger partial charge in [-0.05, 0) is 84.1 Å². The number of hydrogen-bond donors (Lipinski definition) is 0. The first-order chi connectivity index (χ1) is 10.8. The Balaban J connectivity index is 2.28.